The summed E-state index contributed by atoms with van der Waals surface area (Å²) in [5.74, 6) is -1.60. The summed E-state index contributed by atoms with van der Waals surface area (Å²) in [6, 6.07) is 8.39. The van der Waals surface area contributed by atoms with Gasteiger partial charge in [-0.3, -0.25) is 19.2 Å². The van der Waals surface area contributed by atoms with Gasteiger partial charge < -0.3 is 21.4 Å². The van der Waals surface area contributed by atoms with Crippen molar-refractivity contribution in [2.24, 2.45) is 0 Å². The van der Waals surface area contributed by atoms with Crippen molar-refractivity contribution in [1.82, 2.24) is 16.0 Å². The molecule has 0 aliphatic rings. The second kappa shape index (κ2) is 13.3. The Balaban J connectivity index is 3.02. The van der Waals surface area contributed by atoms with Crippen molar-refractivity contribution in [3.63, 3.8) is 0 Å². The lowest BCUT2D eigenvalue weighted by Crippen LogP contribution is -2.61. The number of ketones is 1. The molecule has 4 N–H and O–H groups in total. The Morgan fingerprint density at radius 3 is 2.19 bits per heavy atom. The van der Waals surface area contributed by atoms with E-state index in [2.05, 4.69) is 16.0 Å². The van der Waals surface area contributed by atoms with Crippen LogP contribution in [0.4, 0.5) is 0 Å². The first kappa shape index (κ1) is 26.0. The smallest absolute Gasteiger partial charge is 0.246 e. The number of hydrogen-bond donors (Lipinski definition) is 4. The van der Waals surface area contributed by atoms with E-state index >= 15 is 0 Å². The van der Waals surface area contributed by atoms with E-state index in [0.29, 0.717) is 31.9 Å². The molecule has 0 spiro atoms. The number of hydrogen-bond acceptors (Lipinski definition) is 5. The quantitative estimate of drug-likeness (QED) is 0.338. The summed E-state index contributed by atoms with van der Waals surface area (Å²) in [7, 11) is 0. The number of carbonyl (C=O) groups excluding carboxylic acids is 4. The van der Waals surface area contributed by atoms with E-state index in [1.54, 1.807) is 0 Å². The summed E-state index contributed by atoms with van der Waals surface area (Å²) in [6.07, 6.45) is 2.94. The Labute approximate surface area is 184 Å². The van der Waals surface area contributed by atoms with Crippen LogP contribution in [0.2, 0.25) is 0 Å². The van der Waals surface area contributed by atoms with Gasteiger partial charge in [-0.2, -0.15) is 0 Å². The van der Waals surface area contributed by atoms with Crippen LogP contribution in [0.25, 0.3) is 0 Å². The number of amides is 3. The molecular weight excluding hydrogens is 396 g/mol. The predicted molar refractivity (Wildman–Crippen MR) is 120 cm³/mol. The highest BCUT2D eigenvalue weighted by atomic mass is 16.2. The zero-order chi connectivity index (χ0) is 23.3. The van der Waals surface area contributed by atoms with Crippen molar-refractivity contribution in [2.75, 3.05) is 0 Å². The zero-order valence-corrected chi connectivity index (χ0v) is 18.6. The average molecular weight is 431 g/mol. The number of carbonyl (C=O) groups is 4. The molecule has 0 aromatic heterocycles. The van der Waals surface area contributed by atoms with E-state index in [0.717, 1.165) is 5.56 Å². The normalized spacial score (nSPS) is 11.8. The Kier molecular flexibility index (Phi) is 11.2. The Morgan fingerprint density at radius 1 is 1.06 bits per heavy atom. The third kappa shape index (κ3) is 8.70. The highest BCUT2D eigenvalue weighted by molar-refractivity contribution is 6.26. The van der Waals surface area contributed by atoms with Gasteiger partial charge in [0.1, 0.15) is 11.6 Å². The number of nitrogens with one attached hydrogen (secondary N) is 4. The van der Waals surface area contributed by atoms with Gasteiger partial charge in [0.15, 0.2) is 5.78 Å². The van der Waals surface area contributed by atoms with Gasteiger partial charge >= 0.3 is 0 Å². The molecule has 0 bridgehead atoms. The van der Waals surface area contributed by atoms with Crippen molar-refractivity contribution in [1.29, 1.82) is 5.41 Å². The van der Waals surface area contributed by atoms with Gasteiger partial charge in [0.25, 0.3) is 0 Å². The molecule has 1 aromatic carbocycles. The van der Waals surface area contributed by atoms with Crippen LogP contribution in [0.1, 0.15) is 64.9 Å². The minimum Gasteiger partial charge on any atom is -0.350 e. The molecule has 0 saturated carbocycles. The fourth-order valence-electron chi connectivity index (χ4n) is 3.56. The van der Waals surface area contributed by atoms with Gasteiger partial charge in [0.05, 0.1) is 6.21 Å². The molecule has 8 heteroatoms. The third-order valence-electron chi connectivity index (χ3n) is 4.98. The van der Waals surface area contributed by atoms with Crippen LogP contribution in [0.5, 0.6) is 0 Å². The second-order valence-corrected chi connectivity index (χ2v) is 7.64. The molecule has 1 aromatic rings. The fourth-order valence-corrected chi connectivity index (χ4v) is 3.56. The molecular formula is C23H34N4O4. The van der Waals surface area contributed by atoms with Crippen molar-refractivity contribution in [3.8, 4) is 0 Å². The van der Waals surface area contributed by atoms with Crippen LogP contribution >= 0.6 is 0 Å². The van der Waals surface area contributed by atoms with E-state index in [4.69, 9.17) is 5.41 Å². The third-order valence-corrected chi connectivity index (χ3v) is 4.98. The van der Waals surface area contributed by atoms with E-state index < -0.39 is 29.2 Å². The highest BCUT2D eigenvalue weighted by Crippen LogP contribution is 2.21. The molecule has 0 aliphatic carbocycles. The van der Waals surface area contributed by atoms with Gasteiger partial charge in [-0.1, -0.05) is 57.0 Å². The summed E-state index contributed by atoms with van der Waals surface area (Å²) in [4.78, 5) is 49.5. The van der Waals surface area contributed by atoms with E-state index in [1.165, 1.54) is 6.92 Å². The maximum atomic E-state index is 13.2. The molecule has 8 nitrogen and oxygen atoms in total. The lowest BCUT2D eigenvalue weighted by Gasteiger charge is -2.34. The van der Waals surface area contributed by atoms with Crippen molar-refractivity contribution < 1.29 is 19.2 Å². The molecule has 1 atom stereocenters. The molecule has 170 valence electrons. The molecule has 1 rings (SSSR count). The van der Waals surface area contributed by atoms with Crippen molar-refractivity contribution in [2.45, 2.75) is 77.4 Å². The molecule has 3 amide bonds. The SMILES string of the molecule is CCCC(CCC)(NC(C)=O)C(=O)N[C@@H](CCC(=O)C=N)C(=O)NCc1ccccc1. The van der Waals surface area contributed by atoms with Crippen LogP contribution in [-0.2, 0) is 25.7 Å². The fraction of sp³-hybridized carbons (Fsp3) is 0.522. The van der Waals surface area contributed by atoms with E-state index in [9.17, 15) is 19.2 Å². The zero-order valence-electron chi connectivity index (χ0n) is 18.6. The van der Waals surface area contributed by atoms with Gasteiger partial charge in [-0.05, 0) is 24.8 Å². The standard InChI is InChI=1S/C23H34N4O4/c1-4-13-23(14-5-2,27-17(3)28)22(31)26-20(12-11-19(29)15-24)21(30)25-16-18-9-7-6-8-10-18/h6-10,15,20,24H,4-5,11-14,16H2,1-3H3,(H,25,30)(H,26,31)(H,27,28)/t20-/m0/s1. The summed E-state index contributed by atoms with van der Waals surface area (Å²) >= 11 is 0. The van der Waals surface area contributed by atoms with Crippen LogP contribution in [-0.4, -0.2) is 41.3 Å². The lowest BCUT2D eigenvalue weighted by molar-refractivity contribution is -0.136. The summed E-state index contributed by atoms with van der Waals surface area (Å²) in [6.45, 7) is 5.49. The van der Waals surface area contributed by atoms with Crippen molar-refractivity contribution >= 4 is 29.7 Å². The Hall–Kier alpha value is -3.03. The summed E-state index contributed by atoms with van der Waals surface area (Å²) < 4.78 is 0. The second-order valence-electron chi connectivity index (χ2n) is 7.64. The monoisotopic (exact) mass is 430 g/mol. The van der Waals surface area contributed by atoms with Crippen LogP contribution < -0.4 is 16.0 Å². The number of rotatable bonds is 14. The number of Topliss-reactive ketones (excluding diaryl/α,β-unsaturated/α-hetero) is 1. The molecule has 0 fully saturated rings. The highest BCUT2D eigenvalue weighted by Gasteiger charge is 2.39. The van der Waals surface area contributed by atoms with Crippen LogP contribution in [0, 0.1) is 5.41 Å². The summed E-state index contributed by atoms with van der Waals surface area (Å²) in [5, 5.41) is 15.4. The van der Waals surface area contributed by atoms with E-state index in [1.807, 2.05) is 44.2 Å². The molecule has 0 unspecified atom stereocenters. The maximum Gasteiger partial charge on any atom is 0.246 e. The molecule has 0 radical (unpaired) electrons. The van der Waals surface area contributed by atoms with Gasteiger partial charge in [0, 0.05) is 19.9 Å². The predicted octanol–water partition coefficient (Wildman–Crippen LogP) is 2.26. The maximum absolute atomic E-state index is 13.2. The average Bonchev–Trinajstić information content (AvgIpc) is 2.75. The Bertz CT molecular complexity index is 758. The minimum atomic E-state index is -1.11. The van der Waals surface area contributed by atoms with Gasteiger partial charge in [0.2, 0.25) is 17.7 Å². The first-order chi connectivity index (χ1) is 14.8. The molecule has 0 heterocycles. The molecule has 0 saturated heterocycles. The first-order valence-corrected chi connectivity index (χ1v) is 10.7. The topological polar surface area (TPSA) is 128 Å². The lowest BCUT2D eigenvalue weighted by atomic mass is 9.86. The van der Waals surface area contributed by atoms with Crippen molar-refractivity contribution in [3.05, 3.63) is 35.9 Å². The minimum absolute atomic E-state index is 0.0398. The molecule has 0 aliphatic heterocycles. The summed E-state index contributed by atoms with van der Waals surface area (Å²) in [5.41, 5.74) is -0.208. The van der Waals surface area contributed by atoms with Gasteiger partial charge in [-0.25, -0.2) is 0 Å². The van der Waals surface area contributed by atoms with Gasteiger partial charge in [-0.15, -0.1) is 0 Å². The first-order valence-electron chi connectivity index (χ1n) is 10.7. The van der Waals surface area contributed by atoms with Crippen LogP contribution in [0.3, 0.4) is 0 Å². The molecule has 31 heavy (non-hydrogen) atoms. The van der Waals surface area contributed by atoms with E-state index in [-0.39, 0.29) is 25.3 Å². The number of benzene rings is 1. The Morgan fingerprint density at radius 2 is 1.68 bits per heavy atom. The van der Waals surface area contributed by atoms with Crippen LogP contribution in [0.15, 0.2) is 30.3 Å². The largest absolute Gasteiger partial charge is 0.350 e.